The van der Waals surface area contributed by atoms with Crippen LogP contribution in [0.25, 0.3) is 11.4 Å². The Hall–Kier alpha value is -2.78. The number of nitrogens with zero attached hydrogens (tertiary/aromatic N) is 3. The molecule has 2 fully saturated rings. The van der Waals surface area contributed by atoms with Gasteiger partial charge in [0.15, 0.2) is 0 Å². The van der Waals surface area contributed by atoms with E-state index in [1.807, 2.05) is 0 Å². The fourth-order valence-corrected chi connectivity index (χ4v) is 4.04. The van der Waals surface area contributed by atoms with E-state index in [1.54, 1.807) is 32.9 Å². The van der Waals surface area contributed by atoms with Crippen molar-refractivity contribution in [2.24, 2.45) is 5.41 Å². The Balaban J connectivity index is 1.42. The van der Waals surface area contributed by atoms with Crippen LogP contribution >= 0.6 is 0 Å². The molecule has 4 rings (SSSR count). The topological polar surface area (TPSA) is 77.7 Å². The zero-order valence-corrected chi connectivity index (χ0v) is 17.5. The molecular formula is C21H24F3N3O4. The minimum absolute atomic E-state index is 0.0138. The highest BCUT2D eigenvalue weighted by Gasteiger charge is 2.64. The molecule has 2 heterocycles. The molecule has 1 spiro atoms. The number of hydrogen-bond acceptors (Lipinski definition) is 6. The van der Waals surface area contributed by atoms with Crippen molar-refractivity contribution >= 4 is 6.09 Å². The zero-order valence-electron chi connectivity index (χ0n) is 17.5. The summed E-state index contributed by atoms with van der Waals surface area (Å²) in [6.07, 6.45) is -0.745. The van der Waals surface area contributed by atoms with Gasteiger partial charge in [-0.1, -0.05) is 17.3 Å². The molecule has 10 heteroatoms. The molecule has 1 aliphatic carbocycles. The van der Waals surface area contributed by atoms with Crippen molar-refractivity contribution in [1.82, 2.24) is 15.0 Å². The average Bonchev–Trinajstić information content (AvgIpc) is 3.17. The molecule has 7 nitrogen and oxygen atoms in total. The van der Waals surface area contributed by atoms with Crippen LogP contribution in [0, 0.1) is 5.41 Å². The first-order chi connectivity index (χ1) is 14.6. The van der Waals surface area contributed by atoms with Crippen LogP contribution in [-0.2, 0) is 4.74 Å². The number of halogens is 3. The van der Waals surface area contributed by atoms with Gasteiger partial charge >= 0.3 is 12.7 Å². The van der Waals surface area contributed by atoms with Gasteiger partial charge in [-0.3, -0.25) is 0 Å². The lowest BCUT2D eigenvalue weighted by Gasteiger charge is -2.36. The maximum absolute atomic E-state index is 15.1. The third-order valence-corrected chi connectivity index (χ3v) is 5.68. The van der Waals surface area contributed by atoms with E-state index in [4.69, 9.17) is 9.26 Å². The molecule has 1 aromatic heterocycles. The minimum Gasteiger partial charge on any atom is -0.444 e. The highest BCUT2D eigenvalue weighted by molar-refractivity contribution is 5.68. The maximum atomic E-state index is 15.1. The van der Waals surface area contributed by atoms with Crippen LogP contribution in [0.2, 0.25) is 0 Å². The van der Waals surface area contributed by atoms with Crippen molar-refractivity contribution < 1.29 is 32.0 Å². The SMILES string of the molecule is CC(C)(C)OC(=O)N1CCC2(CC2c2nc(-c3cccc(OC(F)F)c3)no2)C(F)C1. The summed E-state index contributed by atoms with van der Waals surface area (Å²) in [4.78, 5) is 18.0. The van der Waals surface area contributed by atoms with Gasteiger partial charge in [-0.25, -0.2) is 9.18 Å². The number of hydrogen-bond donors (Lipinski definition) is 0. The van der Waals surface area contributed by atoms with Gasteiger partial charge in [0, 0.05) is 23.4 Å². The molecule has 1 saturated heterocycles. The van der Waals surface area contributed by atoms with Crippen LogP contribution in [0.3, 0.4) is 0 Å². The second-order valence-corrected chi connectivity index (χ2v) is 9.00. The molecule has 0 bridgehead atoms. The Kier molecular flexibility index (Phi) is 5.35. The van der Waals surface area contributed by atoms with Gasteiger partial charge in [-0.2, -0.15) is 13.8 Å². The number of benzene rings is 1. The number of carbonyl (C=O) groups is 1. The lowest BCUT2D eigenvalue weighted by Crippen LogP contribution is -2.48. The van der Waals surface area contributed by atoms with Gasteiger partial charge in [-0.15, -0.1) is 0 Å². The van der Waals surface area contributed by atoms with E-state index in [1.165, 1.54) is 17.0 Å². The third-order valence-electron chi connectivity index (χ3n) is 5.68. The molecule has 2 aromatic rings. The van der Waals surface area contributed by atoms with Crippen molar-refractivity contribution in [3.63, 3.8) is 0 Å². The zero-order chi connectivity index (χ0) is 22.4. The molecule has 1 amide bonds. The highest BCUT2D eigenvalue weighted by atomic mass is 19.3. The summed E-state index contributed by atoms with van der Waals surface area (Å²) >= 11 is 0. The number of carbonyl (C=O) groups excluding carboxylic acids is 1. The van der Waals surface area contributed by atoms with Crippen LogP contribution < -0.4 is 4.74 Å². The fourth-order valence-electron chi connectivity index (χ4n) is 4.04. The van der Waals surface area contributed by atoms with Crippen LogP contribution in [0.5, 0.6) is 5.75 Å². The molecule has 0 N–H and O–H groups in total. The van der Waals surface area contributed by atoms with Gasteiger partial charge in [0.25, 0.3) is 0 Å². The number of piperidine rings is 1. The first-order valence-electron chi connectivity index (χ1n) is 10.1. The van der Waals surface area contributed by atoms with E-state index in [-0.39, 0.29) is 24.0 Å². The maximum Gasteiger partial charge on any atom is 0.410 e. The summed E-state index contributed by atoms with van der Waals surface area (Å²) in [5, 5.41) is 3.92. The Labute approximate surface area is 177 Å². The predicted octanol–water partition coefficient (Wildman–Crippen LogP) is 4.79. The summed E-state index contributed by atoms with van der Waals surface area (Å²) < 4.78 is 55.0. The van der Waals surface area contributed by atoms with E-state index >= 15 is 4.39 Å². The number of amides is 1. The van der Waals surface area contributed by atoms with E-state index < -0.39 is 29.9 Å². The lowest BCUT2D eigenvalue weighted by molar-refractivity contribution is -0.0498. The van der Waals surface area contributed by atoms with Gasteiger partial charge < -0.3 is 18.9 Å². The second kappa shape index (κ2) is 7.72. The summed E-state index contributed by atoms with van der Waals surface area (Å²) in [5.74, 6) is 0.270. The normalized spacial score (nSPS) is 25.7. The standard InChI is InChI=1S/C21H24F3N3O4/c1-20(2,3)30-19(28)27-8-7-21(15(22)11-27)10-14(21)17-25-16(26-31-17)12-5-4-6-13(9-12)29-18(23)24/h4-6,9,14-15,18H,7-8,10-11H2,1-3H3. The molecular weight excluding hydrogens is 415 g/mol. The number of aromatic nitrogens is 2. The third kappa shape index (κ3) is 4.47. The van der Waals surface area contributed by atoms with E-state index in [0.717, 1.165) is 0 Å². The summed E-state index contributed by atoms with van der Waals surface area (Å²) in [6, 6.07) is 5.98. The van der Waals surface area contributed by atoms with Crippen molar-refractivity contribution in [1.29, 1.82) is 0 Å². The number of likely N-dealkylation sites (tertiary alicyclic amines) is 1. The monoisotopic (exact) mass is 439 g/mol. The fraction of sp³-hybridized carbons (Fsp3) is 0.571. The van der Waals surface area contributed by atoms with Gasteiger partial charge in [0.05, 0.1) is 6.54 Å². The van der Waals surface area contributed by atoms with Crippen LogP contribution in [0.1, 0.15) is 45.4 Å². The van der Waals surface area contributed by atoms with Gasteiger partial charge in [-0.05, 0) is 45.7 Å². The molecule has 3 atom stereocenters. The van der Waals surface area contributed by atoms with Crippen LogP contribution in [0.15, 0.2) is 28.8 Å². The number of ether oxygens (including phenoxy) is 2. The molecule has 1 saturated carbocycles. The lowest BCUT2D eigenvalue weighted by atomic mass is 9.89. The first kappa shape index (κ1) is 21.5. The minimum atomic E-state index is -2.93. The van der Waals surface area contributed by atoms with Crippen molar-refractivity contribution in [2.75, 3.05) is 13.1 Å². The van der Waals surface area contributed by atoms with Crippen molar-refractivity contribution in [2.45, 2.75) is 57.9 Å². The average molecular weight is 439 g/mol. The smallest absolute Gasteiger partial charge is 0.410 e. The second-order valence-electron chi connectivity index (χ2n) is 9.00. The molecule has 1 aliphatic heterocycles. The molecule has 2 aliphatic rings. The summed E-state index contributed by atoms with van der Waals surface area (Å²) in [5.41, 5.74) is -0.819. The van der Waals surface area contributed by atoms with Gasteiger partial charge in [0.2, 0.25) is 11.7 Å². The highest BCUT2D eigenvalue weighted by Crippen LogP contribution is 2.65. The molecule has 31 heavy (non-hydrogen) atoms. The summed E-state index contributed by atoms with van der Waals surface area (Å²) in [7, 11) is 0. The first-order valence-corrected chi connectivity index (χ1v) is 10.1. The summed E-state index contributed by atoms with van der Waals surface area (Å²) in [6.45, 7) is 2.71. The molecule has 1 aromatic carbocycles. The Morgan fingerprint density at radius 3 is 2.81 bits per heavy atom. The van der Waals surface area contributed by atoms with Crippen molar-refractivity contribution in [3.05, 3.63) is 30.2 Å². The predicted molar refractivity (Wildman–Crippen MR) is 103 cm³/mol. The molecule has 3 unspecified atom stereocenters. The van der Waals surface area contributed by atoms with E-state index in [9.17, 15) is 13.6 Å². The van der Waals surface area contributed by atoms with E-state index in [2.05, 4.69) is 14.9 Å². The number of rotatable bonds is 4. The van der Waals surface area contributed by atoms with Gasteiger partial charge in [0.1, 0.15) is 17.5 Å². The Morgan fingerprint density at radius 1 is 1.35 bits per heavy atom. The van der Waals surface area contributed by atoms with Crippen LogP contribution in [0.4, 0.5) is 18.0 Å². The quantitative estimate of drug-likeness (QED) is 0.682. The van der Waals surface area contributed by atoms with Crippen LogP contribution in [-0.4, -0.2) is 52.6 Å². The largest absolute Gasteiger partial charge is 0.444 e. The number of alkyl halides is 3. The molecule has 168 valence electrons. The molecule has 0 radical (unpaired) electrons. The van der Waals surface area contributed by atoms with E-state index in [0.29, 0.717) is 30.8 Å². The Bertz CT molecular complexity index is 961. The van der Waals surface area contributed by atoms with Crippen molar-refractivity contribution in [3.8, 4) is 17.1 Å². The Morgan fingerprint density at radius 2 is 2.13 bits per heavy atom.